The van der Waals surface area contributed by atoms with E-state index in [-0.39, 0.29) is 24.3 Å². The Morgan fingerprint density at radius 2 is 2.22 bits per heavy atom. The number of halogens is 1. The van der Waals surface area contributed by atoms with Crippen LogP contribution in [0.15, 0.2) is 24.3 Å². The van der Waals surface area contributed by atoms with E-state index in [2.05, 4.69) is 22.9 Å². The van der Waals surface area contributed by atoms with E-state index in [0.717, 1.165) is 25.9 Å². The van der Waals surface area contributed by atoms with Crippen LogP contribution in [0.1, 0.15) is 26.2 Å². The van der Waals surface area contributed by atoms with Crippen molar-refractivity contribution in [1.29, 1.82) is 0 Å². The van der Waals surface area contributed by atoms with Gasteiger partial charge in [0.05, 0.1) is 6.54 Å². The summed E-state index contributed by atoms with van der Waals surface area (Å²) in [6, 6.07) is 5.65. The Morgan fingerprint density at radius 3 is 2.91 bits per heavy atom. The Morgan fingerprint density at radius 1 is 1.39 bits per heavy atom. The summed E-state index contributed by atoms with van der Waals surface area (Å²) in [5.41, 5.74) is 0.380. The van der Waals surface area contributed by atoms with Gasteiger partial charge in [-0.1, -0.05) is 13.0 Å². The molecule has 0 saturated carbocycles. The highest BCUT2D eigenvalue weighted by Crippen LogP contribution is 2.22. The maximum atomic E-state index is 13.0. The van der Waals surface area contributed by atoms with Gasteiger partial charge in [0.1, 0.15) is 5.82 Å². The molecule has 2 atom stereocenters. The van der Waals surface area contributed by atoms with Crippen LogP contribution in [0.2, 0.25) is 0 Å². The Kier molecular flexibility index (Phi) is 6.52. The first-order valence-electron chi connectivity index (χ1n) is 8.07. The first kappa shape index (κ1) is 17.4. The lowest BCUT2D eigenvalue weighted by molar-refractivity contribution is -0.125. The normalized spacial score (nSPS) is 19.0. The Bertz CT molecular complexity index is 544. The maximum absolute atomic E-state index is 13.0. The van der Waals surface area contributed by atoms with Crippen LogP contribution >= 0.6 is 0 Å². The molecule has 2 amide bonds. The maximum Gasteiger partial charge on any atom is 0.243 e. The van der Waals surface area contributed by atoms with Crippen LogP contribution in [0.5, 0.6) is 0 Å². The molecule has 6 heteroatoms. The van der Waals surface area contributed by atoms with Gasteiger partial charge in [0.15, 0.2) is 0 Å². The summed E-state index contributed by atoms with van der Waals surface area (Å²) in [5, 5.41) is 8.52. The van der Waals surface area contributed by atoms with E-state index >= 15 is 0 Å². The molecule has 0 aliphatic carbocycles. The van der Waals surface area contributed by atoms with E-state index in [1.807, 2.05) is 0 Å². The molecule has 126 valence electrons. The van der Waals surface area contributed by atoms with E-state index in [1.165, 1.54) is 18.2 Å². The van der Waals surface area contributed by atoms with E-state index in [4.69, 9.17) is 0 Å². The number of nitrogens with one attached hydrogen (secondary N) is 3. The minimum absolute atomic E-state index is 0.106. The zero-order valence-corrected chi connectivity index (χ0v) is 13.4. The molecule has 0 radical (unpaired) electrons. The largest absolute Gasteiger partial charge is 0.347 e. The third kappa shape index (κ3) is 5.98. The van der Waals surface area contributed by atoms with Crippen molar-refractivity contribution in [1.82, 2.24) is 10.6 Å². The molecule has 5 nitrogen and oxygen atoms in total. The first-order chi connectivity index (χ1) is 11.0. The van der Waals surface area contributed by atoms with Crippen LogP contribution in [0, 0.1) is 17.7 Å². The van der Waals surface area contributed by atoms with Crippen molar-refractivity contribution < 1.29 is 14.0 Å². The molecule has 2 rings (SSSR count). The third-order valence-corrected chi connectivity index (χ3v) is 4.20. The van der Waals surface area contributed by atoms with Gasteiger partial charge < -0.3 is 16.0 Å². The van der Waals surface area contributed by atoms with Crippen LogP contribution < -0.4 is 16.0 Å². The monoisotopic (exact) mass is 321 g/mol. The highest BCUT2D eigenvalue weighted by molar-refractivity contribution is 5.94. The molecule has 1 fully saturated rings. The van der Waals surface area contributed by atoms with Crippen LogP contribution in [-0.4, -0.2) is 31.4 Å². The first-order valence-corrected chi connectivity index (χ1v) is 8.07. The number of amides is 2. The Labute approximate surface area is 136 Å². The number of hydrogen-bond donors (Lipinski definition) is 3. The number of rotatable bonds is 6. The molecule has 0 spiro atoms. The van der Waals surface area contributed by atoms with Crippen molar-refractivity contribution in [3.05, 3.63) is 30.1 Å². The molecule has 23 heavy (non-hydrogen) atoms. The van der Waals surface area contributed by atoms with E-state index < -0.39 is 5.82 Å². The van der Waals surface area contributed by atoms with Gasteiger partial charge in [-0.15, -0.1) is 0 Å². The lowest BCUT2D eigenvalue weighted by Crippen LogP contribution is -2.37. The van der Waals surface area contributed by atoms with Gasteiger partial charge in [-0.05, 0) is 56.0 Å². The summed E-state index contributed by atoms with van der Waals surface area (Å²) in [5.74, 6) is -0.111. The summed E-state index contributed by atoms with van der Waals surface area (Å²) in [7, 11) is 0. The predicted octanol–water partition coefficient (Wildman–Crippen LogP) is 1.91. The quantitative estimate of drug-likeness (QED) is 0.749. The number of piperidine rings is 1. The summed E-state index contributed by atoms with van der Waals surface area (Å²) in [6.45, 7) is 3.97. The van der Waals surface area contributed by atoms with Gasteiger partial charge in [0.2, 0.25) is 11.8 Å². The molecule has 0 aromatic heterocycles. The summed E-state index contributed by atoms with van der Waals surface area (Å²) in [6.07, 6.45) is 2.70. The van der Waals surface area contributed by atoms with Crippen molar-refractivity contribution >= 4 is 17.5 Å². The molecular formula is C17H24FN3O2. The SMILES string of the molecule is CC(CC(=O)NCC(=O)Nc1cccc(F)c1)C1CCCNC1. The van der Waals surface area contributed by atoms with Crippen molar-refractivity contribution in [3.63, 3.8) is 0 Å². The summed E-state index contributed by atoms with van der Waals surface area (Å²) in [4.78, 5) is 23.7. The molecule has 0 bridgehead atoms. The van der Waals surface area contributed by atoms with Gasteiger partial charge in [0.25, 0.3) is 0 Å². The van der Waals surface area contributed by atoms with Crippen molar-refractivity contribution in [2.75, 3.05) is 25.0 Å². The average molecular weight is 321 g/mol. The molecule has 2 unspecified atom stereocenters. The number of anilines is 1. The fraction of sp³-hybridized carbons (Fsp3) is 0.529. The molecule has 3 N–H and O–H groups in total. The highest BCUT2D eigenvalue weighted by Gasteiger charge is 2.22. The molecule has 1 heterocycles. The predicted molar refractivity (Wildman–Crippen MR) is 87.4 cm³/mol. The standard InChI is InChI=1S/C17H24FN3O2/c1-12(13-4-3-7-19-10-13)8-16(22)20-11-17(23)21-15-6-2-5-14(18)9-15/h2,5-6,9,12-13,19H,3-4,7-8,10-11H2,1H3,(H,20,22)(H,21,23). The van der Waals surface area contributed by atoms with Crippen LogP contribution in [0.3, 0.4) is 0 Å². The zero-order chi connectivity index (χ0) is 16.7. The third-order valence-electron chi connectivity index (χ3n) is 4.20. The summed E-state index contributed by atoms with van der Waals surface area (Å²) < 4.78 is 13.0. The molecule has 1 saturated heterocycles. The lowest BCUT2D eigenvalue weighted by atomic mass is 9.85. The van der Waals surface area contributed by atoms with Gasteiger partial charge in [0, 0.05) is 12.1 Å². The van der Waals surface area contributed by atoms with Crippen LogP contribution in [-0.2, 0) is 9.59 Å². The zero-order valence-electron chi connectivity index (χ0n) is 13.4. The number of carbonyl (C=O) groups excluding carboxylic acids is 2. The second-order valence-corrected chi connectivity index (χ2v) is 6.12. The minimum Gasteiger partial charge on any atom is -0.347 e. The van der Waals surface area contributed by atoms with Crippen LogP contribution in [0.4, 0.5) is 10.1 Å². The van der Waals surface area contributed by atoms with Crippen LogP contribution in [0.25, 0.3) is 0 Å². The fourth-order valence-corrected chi connectivity index (χ4v) is 2.85. The van der Waals surface area contributed by atoms with E-state index in [9.17, 15) is 14.0 Å². The molecule has 1 aromatic carbocycles. The van der Waals surface area contributed by atoms with E-state index in [0.29, 0.717) is 18.0 Å². The van der Waals surface area contributed by atoms with Gasteiger partial charge in [-0.3, -0.25) is 9.59 Å². The van der Waals surface area contributed by atoms with Crippen molar-refractivity contribution in [2.24, 2.45) is 11.8 Å². The molecule has 1 aromatic rings. The number of carbonyl (C=O) groups is 2. The van der Waals surface area contributed by atoms with E-state index in [1.54, 1.807) is 6.07 Å². The summed E-state index contributed by atoms with van der Waals surface area (Å²) >= 11 is 0. The van der Waals surface area contributed by atoms with Crippen molar-refractivity contribution in [3.8, 4) is 0 Å². The number of hydrogen-bond acceptors (Lipinski definition) is 3. The highest BCUT2D eigenvalue weighted by atomic mass is 19.1. The topological polar surface area (TPSA) is 70.2 Å². The van der Waals surface area contributed by atoms with Gasteiger partial charge in [-0.25, -0.2) is 4.39 Å². The Balaban J connectivity index is 1.70. The van der Waals surface area contributed by atoms with Gasteiger partial charge in [-0.2, -0.15) is 0 Å². The molecule has 1 aliphatic rings. The minimum atomic E-state index is -0.415. The molecule has 1 aliphatic heterocycles. The van der Waals surface area contributed by atoms with Crippen molar-refractivity contribution in [2.45, 2.75) is 26.2 Å². The average Bonchev–Trinajstić information content (AvgIpc) is 2.54. The fourth-order valence-electron chi connectivity index (χ4n) is 2.85. The lowest BCUT2D eigenvalue weighted by Gasteiger charge is -2.27. The van der Waals surface area contributed by atoms with Gasteiger partial charge >= 0.3 is 0 Å². The molecular weight excluding hydrogens is 297 g/mol. The second-order valence-electron chi connectivity index (χ2n) is 6.12. The number of benzene rings is 1. The Hall–Kier alpha value is -1.95. The second kappa shape index (κ2) is 8.62. The smallest absolute Gasteiger partial charge is 0.243 e.